The first kappa shape index (κ1) is 12.9. The molecule has 18 heavy (non-hydrogen) atoms. The zero-order valence-corrected chi connectivity index (χ0v) is 10.1. The number of piperidine rings is 1. The normalized spacial score (nSPS) is 25.3. The lowest BCUT2D eigenvalue weighted by Crippen LogP contribution is -2.67. The highest BCUT2D eigenvalue weighted by Crippen LogP contribution is 2.37. The Hall–Kier alpha value is -1.56. The number of hydrogen-bond acceptors (Lipinski definition) is 4. The maximum Gasteiger partial charge on any atom is 0.410 e. The lowest BCUT2D eigenvalue weighted by molar-refractivity contribution is -0.165. The van der Waals surface area contributed by atoms with Gasteiger partial charge in [0, 0.05) is 6.54 Å². The van der Waals surface area contributed by atoms with Crippen LogP contribution in [0.1, 0.15) is 12.8 Å². The van der Waals surface area contributed by atoms with Gasteiger partial charge in [0.1, 0.15) is 6.61 Å². The van der Waals surface area contributed by atoms with Crippen molar-refractivity contribution in [2.75, 3.05) is 26.4 Å². The molecule has 0 aromatic carbocycles. The summed E-state index contributed by atoms with van der Waals surface area (Å²) in [4.78, 5) is 24.5. The minimum absolute atomic E-state index is 0.129. The third-order valence-electron chi connectivity index (χ3n) is 3.57. The molecule has 2 fully saturated rings. The Morgan fingerprint density at radius 2 is 2.28 bits per heavy atom. The Labute approximate surface area is 105 Å². The van der Waals surface area contributed by atoms with Crippen LogP contribution in [0.2, 0.25) is 0 Å². The van der Waals surface area contributed by atoms with E-state index in [0.29, 0.717) is 26.1 Å². The van der Waals surface area contributed by atoms with Crippen molar-refractivity contribution < 1.29 is 24.2 Å². The highest BCUT2D eigenvalue weighted by molar-refractivity contribution is 5.74. The van der Waals surface area contributed by atoms with E-state index in [2.05, 4.69) is 6.58 Å². The molecule has 6 heteroatoms. The minimum Gasteiger partial charge on any atom is -0.481 e. The molecule has 1 N–H and O–H groups in total. The van der Waals surface area contributed by atoms with Crippen LogP contribution in [0.3, 0.4) is 0 Å². The van der Waals surface area contributed by atoms with E-state index in [4.69, 9.17) is 14.6 Å². The van der Waals surface area contributed by atoms with Crippen LogP contribution in [0.4, 0.5) is 4.79 Å². The SMILES string of the molecule is C=CCOC(=O)N1CC(C(=O)O)CCC12COC2. The summed E-state index contributed by atoms with van der Waals surface area (Å²) in [5.41, 5.74) is -0.357. The molecule has 1 atom stereocenters. The van der Waals surface area contributed by atoms with Crippen LogP contribution in [0.15, 0.2) is 12.7 Å². The van der Waals surface area contributed by atoms with Crippen molar-refractivity contribution in [1.29, 1.82) is 0 Å². The van der Waals surface area contributed by atoms with E-state index in [9.17, 15) is 9.59 Å². The summed E-state index contributed by atoms with van der Waals surface area (Å²) in [7, 11) is 0. The van der Waals surface area contributed by atoms with E-state index in [1.165, 1.54) is 11.0 Å². The number of carboxylic acids is 1. The van der Waals surface area contributed by atoms with E-state index in [1.54, 1.807) is 0 Å². The van der Waals surface area contributed by atoms with Crippen molar-refractivity contribution in [2.24, 2.45) is 5.92 Å². The maximum atomic E-state index is 11.9. The van der Waals surface area contributed by atoms with Crippen molar-refractivity contribution in [3.8, 4) is 0 Å². The van der Waals surface area contributed by atoms with Gasteiger partial charge >= 0.3 is 12.1 Å². The second kappa shape index (κ2) is 4.97. The number of carbonyl (C=O) groups excluding carboxylic acids is 1. The van der Waals surface area contributed by atoms with Gasteiger partial charge in [-0.3, -0.25) is 9.69 Å². The van der Waals surface area contributed by atoms with Crippen LogP contribution in [0.25, 0.3) is 0 Å². The Bertz CT molecular complexity index is 363. The molecule has 0 aromatic rings. The largest absolute Gasteiger partial charge is 0.481 e. The fourth-order valence-electron chi connectivity index (χ4n) is 2.40. The summed E-state index contributed by atoms with van der Waals surface area (Å²) in [5.74, 6) is -1.39. The molecule has 0 aliphatic carbocycles. The van der Waals surface area contributed by atoms with Gasteiger partial charge in [-0.25, -0.2) is 4.79 Å². The predicted octanol–water partition coefficient (Wildman–Crippen LogP) is 0.875. The second-order valence-electron chi connectivity index (χ2n) is 4.77. The molecule has 0 aromatic heterocycles. The lowest BCUT2D eigenvalue weighted by atomic mass is 9.81. The minimum atomic E-state index is -0.869. The quantitative estimate of drug-likeness (QED) is 0.757. The van der Waals surface area contributed by atoms with E-state index < -0.39 is 18.0 Å². The molecule has 0 bridgehead atoms. The zero-order chi connectivity index (χ0) is 13.2. The third kappa shape index (κ3) is 2.20. The first-order valence-corrected chi connectivity index (χ1v) is 5.95. The van der Waals surface area contributed by atoms with Gasteiger partial charge in [-0.2, -0.15) is 0 Å². The van der Waals surface area contributed by atoms with Crippen molar-refractivity contribution in [1.82, 2.24) is 4.90 Å². The molecule has 0 saturated carbocycles. The van der Waals surface area contributed by atoms with Crippen LogP contribution in [-0.4, -0.2) is 54.0 Å². The van der Waals surface area contributed by atoms with Crippen LogP contribution in [0.5, 0.6) is 0 Å². The Morgan fingerprint density at radius 1 is 1.56 bits per heavy atom. The number of nitrogens with zero attached hydrogens (tertiary/aromatic N) is 1. The summed E-state index contributed by atoms with van der Waals surface area (Å²) < 4.78 is 10.2. The van der Waals surface area contributed by atoms with Gasteiger partial charge in [-0.1, -0.05) is 12.7 Å². The fourth-order valence-corrected chi connectivity index (χ4v) is 2.40. The predicted molar refractivity (Wildman–Crippen MR) is 62.2 cm³/mol. The topological polar surface area (TPSA) is 76.1 Å². The number of ether oxygens (including phenoxy) is 2. The fraction of sp³-hybridized carbons (Fsp3) is 0.667. The van der Waals surface area contributed by atoms with Gasteiger partial charge in [0.2, 0.25) is 0 Å². The molecule has 2 rings (SSSR count). The average molecular weight is 255 g/mol. The van der Waals surface area contributed by atoms with Crippen molar-refractivity contribution in [3.05, 3.63) is 12.7 Å². The maximum absolute atomic E-state index is 11.9. The summed E-state index contributed by atoms with van der Waals surface area (Å²) in [6, 6.07) is 0. The molecule has 0 radical (unpaired) electrons. The smallest absolute Gasteiger partial charge is 0.410 e. The monoisotopic (exact) mass is 255 g/mol. The van der Waals surface area contributed by atoms with Crippen LogP contribution in [-0.2, 0) is 14.3 Å². The zero-order valence-electron chi connectivity index (χ0n) is 10.1. The molecule has 6 nitrogen and oxygen atoms in total. The lowest BCUT2D eigenvalue weighted by Gasteiger charge is -2.52. The molecule has 2 aliphatic heterocycles. The number of hydrogen-bond donors (Lipinski definition) is 1. The number of carbonyl (C=O) groups is 2. The average Bonchev–Trinajstić information content (AvgIpc) is 2.33. The molecule has 2 heterocycles. The Morgan fingerprint density at radius 3 is 2.78 bits per heavy atom. The molecule has 100 valence electrons. The highest BCUT2D eigenvalue weighted by Gasteiger charge is 2.51. The standard InChI is InChI=1S/C12H17NO5/c1-2-5-18-11(16)13-6-9(10(14)15)3-4-12(13)7-17-8-12/h2,9H,1,3-8H2,(H,14,15). The molecular formula is C12H17NO5. The van der Waals surface area contributed by atoms with Gasteiger partial charge in [-0.05, 0) is 12.8 Å². The van der Waals surface area contributed by atoms with Crippen molar-refractivity contribution in [2.45, 2.75) is 18.4 Å². The second-order valence-corrected chi connectivity index (χ2v) is 4.77. The molecule has 1 spiro atoms. The first-order valence-electron chi connectivity index (χ1n) is 5.95. The summed E-state index contributed by atoms with van der Waals surface area (Å²) >= 11 is 0. The van der Waals surface area contributed by atoms with Crippen LogP contribution >= 0.6 is 0 Å². The number of likely N-dealkylation sites (tertiary alicyclic amines) is 1. The van der Waals surface area contributed by atoms with Crippen LogP contribution < -0.4 is 0 Å². The van der Waals surface area contributed by atoms with E-state index in [1.807, 2.05) is 0 Å². The molecule has 2 saturated heterocycles. The van der Waals surface area contributed by atoms with Gasteiger partial charge in [0.05, 0.1) is 24.7 Å². The van der Waals surface area contributed by atoms with Gasteiger partial charge in [-0.15, -0.1) is 0 Å². The number of rotatable bonds is 3. The molecule has 2 aliphatic rings. The van der Waals surface area contributed by atoms with E-state index in [-0.39, 0.29) is 18.7 Å². The third-order valence-corrected chi connectivity index (χ3v) is 3.57. The summed E-state index contributed by atoms with van der Waals surface area (Å²) in [6.45, 7) is 4.72. The number of carboxylic acid groups (broad SMARTS) is 1. The van der Waals surface area contributed by atoms with Crippen molar-refractivity contribution in [3.63, 3.8) is 0 Å². The van der Waals surface area contributed by atoms with Gasteiger partial charge < -0.3 is 14.6 Å². The Balaban J connectivity index is 2.07. The number of aliphatic carboxylic acids is 1. The Kier molecular flexibility index (Phi) is 3.56. The highest BCUT2D eigenvalue weighted by atomic mass is 16.6. The molecule has 1 unspecified atom stereocenters. The van der Waals surface area contributed by atoms with Gasteiger partial charge in [0.15, 0.2) is 0 Å². The van der Waals surface area contributed by atoms with Gasteiger partial charge in [0.25, 0.3) is 0 Å². The first-order chi connectivity index (χ1) is 8.59. The molecule has 1 amide bonds. The van der Waals surface area contributed by atoms with Crippen molar-refractivity contribution >= 4 is 12.1 Å². The molecular weight excluding hydrogens is 238 g/mol. The van der Waals surface area contributed by atoms with E-state index >= 15 is 0 Å². The summed E-state index contributed by atoms with van der Waals surface area (Å²) in [5, 5.41) is 9.05. The summed E-state index contributed by atoms with van der Waals surface area (Å²) in [6.07, 6.45) is 2.22. The number of amides is 1. The van der Waals surface area contributed by atoms with Crippen LogP contribution in [0, 0.1) is 5.92 Å². The van der Waals surface area contributed by atoms with E-state index in [0.717, 1.165) is 0 Å².